The van der Waals surface area contributed by atoms with Gasteiger partial charge in [0.05, 0.1) is 35.7 Å². The Kier molecular flexibility index (Phi) is 4.50. The second-order valence-corrected chi connectivity index (χ2v) is 9.92. The van der Waals surface area contributed by atoms with Crippen LogP contribution in [0, 0.1) is 18.3 Å². The summed E-state index contributed by atoms with van der Waals surface area (Å²) in [5, 5.41) is 13.9. The lowest BCUT2D eigenvalue weighted by atomic mass is 9.66. The molecule has 0 bridgehead atoms. The van der Waals surface area contributed by atoms with E-state index >= 15 is 0 Å². The zero-order valence-corrected chi connectivity index (χ0v) is 19.1. The van der Waals surface area contributed by atoms with E-state index < -0.39 is 0 Å². The first-order chi connectivity index (χ1) is 16.0. The number of amides is 1. The van der Waals surface area contributed by atoms with Crippen LogP contribution in [0.2, 0.25) is 0 Å². The highest BCUT2D eigenvalue weighted by Crippen LogP contribution is 2.54. The van der Waals surface area contributed by atoms with Gasteiger partial charge in [0, 0.05) is 28.5 Å². The van der Waals surface area contributed by atoms with Gasteiger partial charge in [-0.15, -0.1) is 0 Å². The van der Waals surface area contributed by atoms with E-state index in [4.69, 9.17) is 0 Å². The van der Waals surface area contributed by atoms with Crippen molar-refractivity contribution in [2.24, 2.45) is 11.3 Å². The standard InChI is InChI=1S/C26H29N5O2/c1-14-11-28-16(12-27-14)13-29-25(33)17-7-6-15-9-18-19-10-21(32)20-5-3-4-8-26(20,2)24(19)31-30-23(18)22(15)17/h5,10-12,17,30-32H,3-4,6-9,13H2,1-2H3,(H,29,33). The van der Waals surface area contributed by atoms with Crippen molar-refractivity contribution >= 4 is 5.91 Å². The molecule has 1 aromatic heterocycles. The Morgan fingerprint density at radius 2 is 2.18 bits per heavy atom. The Bertz CT molecular complexity index is 1220. The maximum absolute atomic E-state index is 13.1. The fourth-order valence-electron chi connectivity index (χ4n) is 6.15. The van der Waals surface area contributed by atoms with Gasteiger partial charge < -0.3 is 21.3 Å². The van der Waals surface area contributed by atoms with Gasteiger partial charge in [0.1, 0.15) is 5.76 Å². The first-order valence-corrected chi connectivity index (χ1v) is 11.8. The van der Waals surface area contributed by atoms with Gasteiger partial charge in [-0.05, 0) is 69.6 Å². The van der Waals surface area contributed by atoms with Crippen molar-refractivity contribution in [1.82, 2.24) is 26.1 Å². The Morgan fingerprint density at radius 1 is 1.30 bits per heavy atom. The molecule has 0 aromatic carbocycles. The summed E-state index contributed by atoms with van der Waals surface area (Å²) in [5.74, 6) is 0.237. The summed E-state index contributed by atoms with van der Waals surface area (Å²) >= 11 is 0. The predicted octanol–water partition coefficient (Wildman–Crippen LogP) is 3.70. The van der Waals surface area contributed by atoms with Crippen LogP contribution in [0.3, 0.4) is 0 Å². The summed E-state index contributed by atoms with van der Waals surface area (Å²) < 4.78 is 0. The van der Waals surface area contributed by atoms with Gasteiger partial charge in [0.2, 0.25) is 5.91 Å². The molecule has 4 N–H and O–H groups in total. The van der Waals surface area contributed by atoms with E-state index in [1.807, 2.05) is 13.0 Å². The highest BCUT2D eigenvalue weighted by Gasteiger charge is 2.46. The molecule has 0 saturated heterocycles. The lowest BCUT2D eigenvalue weighted by Crippen LogP contribution is -2.45. The minimum absolute atomic E-state index is 0.0317. The number of aromatic nitrogens is 2. The number of fused-ring (bicyclic) bond motifs is 4. The zero-order chi connectivity index (χ0) is 22.7. The van der Waals surface area contributed by atoms with Crippen molar-refractivity contribution in [2.45, 2.75) is 58.9 Å². The molecule has 7 nitrogen and oxygen atoms in total. The van der Waals surface area contributed by atoms with Crippen molar-refractivity contribution < 1.29 is 9.90 Å². The molecule has 1 aliphatic heterocycles. The van der Waals surface area contributed by atoms with Gasteiger partial charge in [-0.2, -0.15) is 0 Å². The fourth-order valence-corrected chi connectivity index (χ4v) is 6.15. The lowest BCUT2D eigenvalue weighted by molar-refractivity contribution is -0.124. The highest BCUT2D eigenvalue weighted by molar-refractivity contribution is 5.85. The summed E-state index contributed by atoms with van der Waals surface area (Å²) in [5.41, 5.74) is 16.3. The number of nitrogens with one attached hydrogen (secondary N) is 3. The van der Waals surface area contributed by atoms with E-state index in [0.717, 1.165) is 78.0 Å². The molecule has 0 radical (unpaired) electrons. The van der Waals surface area contributed by atoms with Gasteiger partial charge in [-0.3, -0.25) is 14.8 Å². The van der Waals surface area contributed by atoms with Crippen molar-refractivity contribution in [2.75, 3.05) is 0 Å². The molecule has 1 amide bonds. The van der Waals surface area contributed by atoms with Crippen LogP contribution in [0.15, 0.2) is 69.6 Å². The van der Waals surface area contributed by atoms with Crippen LogP contribution >= 0.6 is 0 Å². The normalized spacial score (nSPS) is 27.6. The molecule has 170 valence electrons. The molecule has 33 heavy (non-hydrogen) atoms. The van der Waals surface area contributed by atoms with E-state index in [0.29, 0.717) is 12.3 Å². The number of aliphatic hydroxyl groups is 1. The first kappa shape index (κ1) is 20.3. The number of hydrazine groups is 1. The second-order valence-electron chi connectivity index (χ2n) is 9.92. The number of aliphatic hydroxyl groups excluding tert-OH is 1. The van der Waals surface area contributed by atoms with E-state index in [-0.39, 0.29) is 17.2 Å². The number of nitrogens with zero attached hydrogens (tertiary/aromatic N) is 2. The van der Waals surface area contributed by atoms with Crippen LogP contribution in [0.25, 0.3) is 0 Å². The van der Waals surface area contributed by atoms with Gasteiger partial charge in [0.15, 0.2) is 0 Å². The summed E-state index contributed by atoms with van der Waals surface area (Å²) in [7, 11) is 0. The van der Waals surface area contributed by atoms with Crippen molar-refractivity contribution in [3.63, 3.8) is 0 Å². The molecule has 2 atom stereocenters. The van der Waals surface area contributed by atoms with Gasteiger partial charge >= 0.3 is 0 Å². The van der Waals surface area contributed by atoms with Gasteiger partial charge in [-0.25, -0.2) is 0 Å². The molecular weight excluding hydrogens is 414 g/mol. The summed E-state index contributed by atoms with van der Waals surface area (Å²) in [6.45, 7) is 4.49. The van der Waals surface area contributed by atoms with E-state index in [1.54, 1.807) is 12.4 Å². The Labute approximate surface area is 193 Å². The lowest BCUT2D eigenvalue weighted by Gasteiger charge is -2.43. The molecule has 0 spiro atoms. The van der Waals surface area contributed by atoms with E-state index in [2.05, 4.69) is 39.1 Å². The van der Waals surface area contributed by atoms with Crippen LogP contribution in [0.1, 0.15) is 56.8 Å². The predicted molar refractivity (Wildman–Crippen MR) is 124 cm³/mol. The molecule has 2 heterocycles. The Morgan fingerprint density at radius 3 is 3.00 bits per heavy atom. The van der Waals surface area contributed by atoms with Crippen LogP contribution in [0.4, 0.5) is 0 Å². The van der Waals surface area contributed by atoms with Crippen molar-refractivity contribution in [1.29, 1.82) is 0 Å². The third kappa shape index (κ3) is 3.05. The zero-order valence-electron chi connectivity index (χ0n) is 19.1. The van der Waals surface area contributed by atoms with Gasteiger partial charge in [0.25, 0.3) is 0 Å². The first-order valence-electron chi connectivity index (χ1n) is 11.8. The minimum Gasteiger partial charge on any atom is -0.508 e. The molecule has 6 rings (SSSR count). The molecule has 1 aromatic rings. The van der Waals surface area contributed by atoms with E-state index in [1.165, 1.54) is 11.1 Å². The van der Waals surface area contributed by atoms with Gasteiger partial charge in [-0.1, -0.05) is 11.6 Å². The molecule has 7 heteroatoms. The summed E-state index contributed by atoms with van der Waals surface area (Å²) in [6.07, 6.45) is 13.2. The highest BCUT2D eigenvalue weighted by atomic mass is 16.3. The summed E-state index contributed by atoms with van der Waals surface area (Å²) in [4.78, 5) is 21.7. The van der Waals surface area contributed by atoms with Crippen molar-refractivity contribution in [3.05, 3.63) is 81.0 Å². The monoisotopic (exact) mass is 443 g/mol. The average molecular weight is 444 g/mol. The number of aryl methyl sites for hydroxylation is 1. The number of rotatable bonds is 3. The fraction of sp³-hybridized carbons (Fsp3) is 0.423. The molecular formula is C26H29N5O2. The molecule has 4 aliphatic carbocycles. The molecule has 5 aliphatic rings. The maximum atomic E-state index is 13.1. The van der Waals surface area contributed by atoms with Crippen LogP contribution < -0.4 is 16.2 Å². The Hall–Kier alpha value is -3.35. The summed E-state index contributed by atoms with van der Waals surface area (Å²) in [6, 6.07) is 0. The number of hydrogen-bond acceptors (Lipinski definition) is 6. The molecule has 2 unspecified atom stereocenters. The van der Waals surface area contributed by atoms with Crippen LogP contribution in [-0.2, 0) is 11.3 Å². The quantitative estimate of drug-likeness (QED) is 0.569. The number of carbonyl (C=O) groups excluding carboxylic acids is 1. The van der Waals surface area contributed by atoms with E-state index in [9.17, 15) is 9.90 Å². The SMILES string of the molecule is Cc1cnc(CNC(=O)C2CCC3=C2C2=C(C3)C3=C(NN2)C2(C)CCCC=C2C(O)=C3)cn1. The number of carbonyl (C=O) groups is 1. The number of hydrogen-bond donors (Lipinski definition) is 4. The second kappa shape index (κ2) is 7.33. The molecule has 0 saturated carbocycles. The minimum atomic E-state index is -0.211. The van der Waals surface area contributed by atoms with Crippen LogP contribution in [-0.4, -0.2) is 21.0 Å². The molecule has 0 fully saturated rings. The third-order valence-corrected chi connectivity index (χ3v) is 7.86. The largest absolute Gasteiger partial charge is 0.508 e. The third-order valence-electron chi connectivity index (χ3n) is 7.86. The topological polar surface area (TPSA) is 99.2 Å². The number of allylic oxidation sites excluding steroid dienone is 8. The smallest absolute Gasteiger partial charge is 0.227 e. The maximum Gasteiger partial charge on any atom is 0.227 e. The van der Waals surface area contributed by atoms with Crippen LogP contribution in [0.5, 0.6) is 0 Å². The average Bonchev–Trinajstić information content (AvgIpc) is 3.38. The van der Waals surface area contributed by atoms with Crippen molar-refractivity contribution in [3.8, 4) is 0 Å². The Balaban J connectivity index is 1.28.